The fraction of sp³-hybridized carbons (Fsp3) is 0.440. The first-order valence-corrected chi connectivity index (χ1v) is 11.0. The number of piperazine rings is 1. The minimum Gasteiger partial charge on any atom is -0.339 e. The lowest BCUT2D eigenvalue weighted by molar-refractivity contribution is -0.143. The molecule has 2 heterocycles. The number of piperidine rings is 1. The van der Waals surface area contributed by atoms with Gasteiger partial charge in [-0.1, -0.05) is 60.7 Å². The van der Waals surface area contributed by atoms with Crippen molar-refractivity contribution >= 4 is 11.8 Å². The van der Waals surface area contributed by atoms with Crippen molar-refractivity contribution in [1.82, 2.24) is 14.7 Å². The molecule has 158 valence electrons. The van der Waals surface area contributed by atoms with Crippen LogP contribution in [0.2, 0.25) is 0 Å². The Morgan fingerprint density at radius 2 is 1.43 bits per heavy atom. The molecule has 2 amide bonds. The van der Waals surface area contributed by atoms with E-state index in [0.717, 1.165) is 26.1 Å². The number of carbonyl (C=O) groups excluding carboxylic acids is 2. The van der Waals surface area contributed by atoms with Crippen LogP contribution in [0.25, 0.3) is 0 Å². The van der Waals surface area contributed by atoms with Crippen molar-refractivity contribution in [1.29, 1.82) is 0 Å². The van der Waals surface area contributed by atoms with Gasteiger partial charge in [0.05, 0.1) is 5.92 Å². The van der Waals surface area contributed by atoms with Gasteiger partial charge in [0, 0.05) is 52.7 Å². The van der Waals surface area contributed by atoms with E-state index >= 15 is 0 Å². The van der Waals surface area contributed by atoms with Gasteiger partial charge in [-0.05, 0) is 23.5 Å². The van der Waals surface area contributed by atoms with Gasteiger partial charge < -0.3 is 9.80 Å². The van der Waals surface area contributed by atoms with Crippen LogP contribution in [-0.4, -0.2) is 65.8 Å². The molecule has 2 fully saturated rings. The average molecular weight is 406 g/mol. The first kappa shape index (κ1) is 20.6. The summed E-state index contributed by atoms with van der Waals surface area (Å²) in [5, 5.41) is 0. The van der Waals surface area contributed by atoms with Crippen molar-refractivity contribution in [3.63, 3.8) is 0 Å². The number of hydrogen-bond donors (Lipinski definition) is 0. The fourth-order valence-electron chi connectivity index (χ4n) is 4.81. The second-order valence-electron chi connectivity index (χ2n) is 8.55. The van der Waals surface area contributed by atoms with Gasteiger partial charge in [0.1, 0.15) is 0 Å². The number of amides is 2. The number of rotatable bonds is 4. The molecule has 2 unspecified atom stereocenters. The van der Waals surface area contributed by atoms with Gasteiger partial charge in [0.2, 0.25) is 11.8 Å². The van der Waals surface area contributed by atoms with Crippen molar-refractivity contribution in [2.75, 3.05) is 39.3 Å². The molecule has 0 bridgehead atoms. The van der Waals surface area contributed by atoms with Gasteiger partial charge in [-0.25, -0.2) is 0 Å². The van der Waals surface area contributed by atoms with Crippen LogP contribution in [0, 0.1) is 5.92 Å². The van der Waals surface area contributed by atoms with Gasteiger partial charge in [-0.3, -0.25) is 14.5 Å². The molecule has 0 radical (unpaired) electrons. The van der Waals surface area contributed by atoms with Gasteiger partial charge in [-0.2, -0.15) is 0 Å². The summed E-state index contributed by atoms with van der Waals surface area (Å²) in [5.41, 5.74) is 2.60. The summed E-state index contributed by atoms with van der Waals surface area (Å²) in [6, 6.07) is 21.1. The highest BCUT2D eigenvalue weighted by atomic mass is 16.2. The first-order chi connectivity index (χ1) is 14.6. The molecule has 0 saturated carbocycles. The smallest absolute Gasteiger partial charge is 0.227 e. The molecule has 0 aromatic heterocycles. The van der Waals surface area contributed by atoms with Gasteiger partial charge in [0.25, 0.3) is 0 Å². The third kappa shape index (κ3) is 4.90. The van der Waals surface area contributed by atoms with Gasteiger partial charge >= 0.3 is 0 Å². The van der Waals surface area contributed by atoms with Gasteiger partial charge in [0.15, 0.2) is 0 Å². The van der Waals surface area contributed by atoms with E-state index in [1.165, 1.54) is 11.1 Å². The molecule has 30 heavy (non-hydrogen) atoms. The Bertz CT molecular complexity index is 847. The third-order valence-electron chi connectivity index (χ3n) is 6.43. The SMILES string of the molecule is CC(=O)N1CCN(C(=O)C2CC(c3ccccc3)CN(Cc3ccccc3)C2)CC1. The second kappa shape index (κ2) is 9.43. The van der Waals surface area contributed by atoms with Crippen molar-refractivity contribution in [2.24, 2.45) is 5.92 Å². The predicted octanol–water partition coefficient (Wildman–Crippen LogP) is 2.98. The summed E-state index contributed by atoms with van der Waals surface area (Å²) >= 11 is 0. The number of carbonyl (C=O) groups is 2. The number of hydrogen-bond acceptors (Lipinski definition) is 3. The monoisotopic (exact) mass is 405 g/mol. The van der Waals surface area contributed by atoms with Crippen LogP contribution in [0.15, 0.2) is 60.7 Å². The zero-order valence-electron chi connectivity index (χ0n) is 17.7. The molecule has 0 spiro atoms. The molecule has 0 aliphatic carbocycles. The lowest BCUT2D eigenvalue weighted by Crippen LogP contribution is -2.53. The van der Waals surface area contributed by atoms with E-state index in [9.17, 15) is 9.59 Å². The number of nitrogens with zero attached hydrogens (tertiary/aromatic N) is 3. The van der Waals surface area contributed by atoms with Crippen LogP contribution in [0.4, 0.5) is 0 Å². The van der Waals surface area contributed by atoms with E-state index in [0.29, 0.717) is 32.1 Å². The van der Waals surface area contributed by atoms with Crippen molar-refractivity contribution in [3.05, 3.63) is 71.8 Å². The number of benzene rings is 2. The van der Waals surface area contributed by atoms with Crippen molar-refractivity contribution < 1.29 is 9.59 Å². The summed E-state index contributed by atoms with van der Waals surface area (Å²) in [7, 11) is 0. The second-order valence-corrected chi connectivity index (χ2v) is 8.55. The van der Waals surface area contributed by atoms with Crippen LogP contribution in [0.3, 0.4) is 0 Å². The minimum absolute atomic E-state index is 0.00320. The lowest BCUT2D eigenvalue weighted by Gasteiger charge is -2.41. The summed E-state index contributed by atoms with van der Waals surface area (Å²) in [6.45, 7) is 6.81. The Morgan fingerprint density at radius 3 is 2.07 bits per heavy atom. The van der Waals surface area contributed by atoms with E-state index in [1.54, 1.807) is 6.92 Å². The molecular formula is C25H31N3O2. The summed E-state index contributed by atoms with van der Waals surface area (Å²) in [6.07, 6.45) is 0.890. The Labute approximate surface area is 179 Å². The maximum Gasteiger partial charge on any atom is 0.227 e. The van der Waals surface area contributed by atoms with Crippen molar-refractivity contribution in [3.8, 4) is 0 Å². The molecule has 2 aliphatic rings. The number of likely N-dealkylation sites (tertiary alicyclic amines) is 1. The zero-order valence-corrected chi connectivity index (χ0v) is 17.7. The van der Waals surface area contributed by atoms with Crippen LogP contribution in [0.1, 0.15) is 30.4 Å². The Hall–Kier alpha value is -2.66. The van der Waals surface area contributed by atoms with E-state index < -0.39 is 0 Å². The van der Waals surface area contributed by atoms with Crippen LogP contribution in [0.5, 0.6) is 0 Å². The van der Waals surface area contributed by atoms with E-state index in [-0.39, 0.29) is 17.7 Å². The maximum absolute atomic E-state index is 13.4. The lowest BCUT2D eigenvalue weighted by atomic mass is 9.83. The Morgan fingerprint density at radius 1 is 0.833 bits per heavy atom. The molecule has 2 aromatic carbocycles. The third-order valence-corrected chi connectivity index (χ3v) is 6.43. The van der Waals surface area contributed by atoms with Gasteiger partial charge in [-0.15, -0.1) is 0 Å². The summed E-state index contributed by atoms with van der Waals surface area (Å²) < 4.78 is 0. The topological polar surface area (TPSA) is 43.9 Å². The molecule has 4 rings (SSSR count). The highest BCUT2D eigenvalue weighted by Crippen LogP contribution is 2.32. The summed E-state index contributed by atoms with van der Waals surface area (Å²) in [5.74, 6) is 0.697. The quantitative estimate of drug-likeness (QED) is 0.786. The zero-order chi connectivity index (χ0) is 20.9. The normalized spacial score (nSPS) is 22.7. The van der Waals surface area contributed by atoms with E-state index in [4.69, 9.17) is 0 Å². The molecule has 2 aromatic rings. The Kier molecular flexibility index (Phi) is 6.48. The summed E-state index contributed by atoms with van der Waals surface area (Å²) in [4.78, 5) is 31.2. The highest BCUT2D eigenvalue weighted by Gasteiger charge is 2.35. The van der Waals surface area contributed by atoms with E-state index in [2.05, 4.69) is 53.4 Å². The van der Waals surface area contributed by atoms with Crippen LogP contribution >= 0.6 is 0 Å². The standard InChI is InChI=1S/C25H31N3O2/c1-20(29)27-12-14-28(15-13-27)25(30)24-16-23(22-10-6-3-7-11-22)18-26(19-24)17-21-8-4-2-5-9-21/h2-11,23-24H,12-19H2,1H3. The van der Waals surface area contributed by atoms with Crippen LogP contribution in [-0.2, 0) is 16.1 Å². The predicted molar refractivity (Wildman–Crippen MR) is 118 cm³/mol. The Balaban J connectivity index is 1.48. The first-order valence-electron chi connectivity index (χ1n) is 11.0. The van der Waals surface area contributed by atoms with Crippen molar-refractivity contribution in [2.45, 2.75) is 25.8 Å². The largest absolute Gasteiger partial charge is 0.339 e. The fourth-order valence-corrected chi connectivity index (χ4v) is 4.81. The molecule has 5 nitrogen and oxygen atoms in total. The molecule has 5 heteroatoms. The molecule has 2 saturated heterocycles. The molecule has 2 aliphatic heterocycles. The minimum atomic E-state index is -0.00320. The molecule has 0 N–H and O–H groups in total. The molecule has 2 atom stereocenters. The highest BCUT2D eigenvalue weighted by molar-refractivity contribution is 5.80. The molecular weight excluding hydrogens is 374 g/mol. The average Bonchev–Trinajstić information content (AvgIpc) is 2.79. The van der Waals surface area contributed by atoms with E-state index in [1.807, 2.05) is 21.9 Å². The maximum atomic E-state index is 13.4. The van der Waals surface area contributed by atoms with Crippen LogP contribution < -0.4 is 0 Å².